The molecule has 0 aromatic heterocycles. The molecule has 0 spiro atoms. The fraction of sp³-hybridized carbons (Fsp3) is 1.00. The highest BCUT2D eigenvalue weighted by Gasteiger charge is 2.14. The van der Waals surface area contributed by atoms with Crippen molar-refractivity contribution in [2.24, 2.45) is 5.92 Å². The van der Waals surface area contributed by atoms with Gasteiger partial charge in [-0.2, -0.15) is 0 Å². The lowest BCUT2D eigenvalue weighted by Gasteiger charge is -2.29. The Hall–Kier alpha value is -0.160. The molecule has 0 aromatic rings. The summed E-state index contributed by atoms with van der Waals surface area (Å²) < 4.78 is 0. The predicted molar refractivity (Wildman–Crippen MR) is 95.1 cm³/mol. The molecule has 128 valence electrons. The molecule has 0 rings (SSSR count). The third-order valence-corrected chi connectivity index (χ3v) is 3.96. The summed E-state index contributed by atoms with van der Waals surface area (Å²) in [6.45, 7) is 9.36. The molecular formula is C17H40N4. The van der Waals surface area contributed by atoms with Gasteiger partial charge in [0.15, 0.2) is 0 Å². The normalized spacial score (nSPS) is 12.6. The van der Waals surface area contributed by atoms with Crippen molar-refractivity contribution in [1.82, 2.24) is 19.6 Å². The van der Waals surface area contributed by atoms with Crippen molar-refractivity contribution in [1.29, 1.82) is 0 Å². The van der Waals surface area contributed by atoms with Gasteiger partial charge in [0.1, 0.15) is 0 Å². The van der Waals surface area contributed by atoms with E-state index in [0.717, 1.165) is 32.1 Å². The molecule has 0 saturated carbocycles. The molecule has 0 atom stereocenters. The molecule has 4 heteroatoms. The second-order valence-corrected chi connectivity index (χ2v) is 7.14. The molecule has 4 nitrogen and oxygen atoms in total. The molecule has 0 N–H and O–H groups in total. The zero-order chi connectivity index (χ0) is 16.3. The van der Waals surface area contributed by atoms with Crippen molar-refractivity contribution in [3.63, 3.8) is 0 Å². The van der Waals surface area contributed by atoms with Crippen molar-refractivity contribution >= 4 is 0 Å². The minimum absolute atomic E-state index is 0.796. The van der Waals surface area contributed by atoms with Gasteiger partial charge in [-0.05, 0) is 54.6 Å². The van der Waals surface area contributed by atoms with E-state index in [1.807, 2.05) is 0 Å². The molecular weight excluding hydrogens is 260 g/mol. The number of likely N-dealkylation sites (N-methyl/N-ethyl adjacent to an activating group) is 4. The quantitative estimate of drug-likeness (QED) is 0.514. The molecule has 0 fully saturated rings. The van der Waals surface area contributed by atoms with Gasteiger partial charge in [0.2, 0.25) is 0 Å². The van der Waals surface area contributed by atoms with Gasteiger partial charge in [-0.3, -0.25) is 0 Å². The molecule has 0 aromatic carbocycles. The van der Waals surface area contributed by atoms with Crippen molar-refractivity contribution < 1.29 is 0 Å². The van der Waals surface area contributed by atoms with Crippen LogP contribution in [0.4, 0.5) is 0 Å². The fourth-order valence-corrected chi connectivity index (χ4v) is 2.54. The lowest BCUT2D eigenvalue weighted by molar-refractivity contribution is 0.187. The van der Waals surface area contributed by atoms with E-state index < -0.39 is 0 Å². The lowest BCUT2D eigenvalue weighted by Crippen LogP contribution is -2.38. The zero-order valence-corrected chi connectivity index (χ0v) is 15.7. The Labute approximate surface area is 134 Å². The first-order valence-corrected chi connectivity index (χ1v) is 8.51. The highest BCUT2D eigenvalue weighted by atomic mass is 15.2. The maximum Gasteiger partial charge on any atom is 0.0106 e. The van der Waals surface area contributed by atoms with Crippen LogP contribution < -0.4 is 0 Å². The van der Waals surface area contributed by atoms with E-state index in [4.69, 9.17) is 0 Å². The third kappa shape index (κ3) is 13.2. The second kappa shape index (κ2) is 12.4. The number of hydrogen-bond acceptors (Lipinski definition) is 4. The Kier molecular flexibility index (Phi) is 12.3. The van der Waals surface area contributed by atoms with Gasteiger partial charge in [0.05, 0.1) is 0 Å². The van der Waals surface area contributed by atoms with E-state index in [9.17, 15) is 0 Å². The van der Waals surface area contributed by atoms with Gasteiger partial charge in [0, 0.05) is 39.3 Å². The molecule has 0 radical (unpaired) electrons. The Morgan fingerprint density at radius 1 is 0.667 bits per heavy atom. The van der Waals surface area contributed by atoms with Gasteiger partial charge in [0.25, 0.3) is 0 Å². The molecule has 21 heavy (non-hydrogen) atoms. The molecule has 0 saturated heterocycles. The van der Waals surface area contributed by atoms with Crippen LogP contribution in [0, 0.1) is 5.92 Å². The summed E-state index contributed by atoms with van der Waals surface area (Å²) in [5, 5.41) is 0. The summed E-state index contributed by atoms with van der Waals surface area (Å²) in [6.07, 6.45) is 4.02. The Morgan fingerprint density at radius 3 is 1.43 bits per heavy atom. The van der Waals surface area contributed by atoms with E-state index in [0.29, 0.717) is 0 Å². The first-order valence-electron chi connectivity index (χ1n) is 8.51. The minimum atomic E-state index is 0.796. The zero-order valence-electron chi connectivity index (χ0n) is 15.7. The van der Waals surface area contributed by atoms with Crippen molar-refractivity contribution in [3.05, 3.63) is 0 Å². The lowest BCUT2D eigenvalue weighted by atomic mass is 10.0. The number of unbranched alkanes of at least 4 members (excludes halogenated alkanes) is 1. The van der Waals surface area contributed by atoms with Crippen LogP contribution in [-0.4, -0.2) is 101 Å². The van der Waals surface area contributed by atoms with E-state index in [2.05, 4.69) is 68.8 Å². The monoisotopic (exact) mass is 300 g/mol. The Morgan fingerprint density at radius 2 is 1.10 bits per heavy atom. The average molecular weight is 301 g/mol. The fourth-order valence-electron chi connectivity index (χ4n) is 2.54. The third-order valence-electron chi connectivity index (χ3n) is 3.96. The van der Waals surface area contributed by atoms with E-state index >= 15 is 0 Å². The summed E-state index contributed by atoms with van der Waals surface area (Å²) in [5.41, 5.74) is 0. The average Bonchev–Trinajstić information content (AvgIpc) is 2.40. The van der Waals surface area contributed by atoms with Crippen molar-refractivity contribution in [2.45, 2.75) is 26.2 Å². The topological polar surface area (TPSA) is 13.0 Å². The summed E-state index contributed by atoms with van der Waals surface area (Å²) in [7, 11) is 13.1. The number of nitrogens with zero attached hydrogens (tertiary/aromatic N) is 4. The first kappa shape index (κ1) is 20.8. The Balaban J connectivity index is 4.16. The number of hydrogen-bond donors (Lipinski definition) is 0. The summed E-state index contributed by atoms with van der Waals surface area (Å²) in [4.78, 5) is 9.53. The Bertz CT molecular complexity index is 211. The van der Waals surface area contributed by atoms with Crippen LogP contribution in [0.2, 0.25) is 0 Å². The van der Waals surface area contributed by atoms with Crippen LogP contribution >= 0.6 is 0 Å². The molecule has 0 aliphatic heterocycles. The first-order chi connectivity index (χ1) is 9.85. The SMILES string of the molecule is CCCCC(CN(C)CCN(C)C)CN(C)CCN(C)C. The maximum absolute atomic E-state index is 2.50. The van der Waals surface area contributed by atoms with Gasteiger partial charge < -0.3 is 19.6 Å². The van der Waals surface area contributed by atoms with Gasteiger partial charge in [-0.1, -0.05) is 19.8 Å². The molecule has 0 heterocycles. The van der Waals surface area contributed by atoms with E-state index in [-0.39, 0.29) is 0 Å². The van der Waals surface area contributed by atoms with Gasteiger partial charge in [-0.15, -0.1) is 0 Å². The molecule has 0 unspecified atom stereocenters. The molecule has 0 aliphatic carbocycles. The van der Waals surface area contributed by atoms with Crippen LogP contribution in [0.25, 0.3) is 0 Å². The van der Waals surface area contributed by atoms with Crippen LogP contribution in [0.5, 0.6) is 0 Å². The number of rotatable bonds is 13. The highest BCUT2D eigenvalue weighted by molar-refractivity contribution is 4.69. The summed E-state index contributed by atoms with van der Waals surface area (Å²) >= 11 is 0. The van der Waals surface area contributed by atoms with E-state index in [1.54, 1.807) is 0 Å². The minimum Gasteiger partial charge on any atom is -0.308 e. The van der Waals surface area contributed by atoms with Crippen LogP contribution in [0.1, 0.15) is 26.2 Å². The van der Waals surface area contributed by atoms with Crippen LogP contribution in [0.15, 0.2) is 0 Å². The molecule has 0 amide bonds. The molecule has 0 bridgehead atoms. The van der Waals surface area contributed by atoms with E-state index in [1.165, 1.54) is 32.4 Å². The molecule has 0 aliphatic rings. The van der Waals surface area contributed by atoms with Gasteiger partial charge >= 0.3 is 0 Å². The van der Waals surface area contributed by atoms with Crippen molar-refractivity contribution in [2.75, 3.05) is 81.6 Å². The standard InChI is InChI=1S/C17H40N4/c1-8-9-10-17(15-20(6)13-11-18(2)3)16-21(7)14-12-19(4)5/h17H,8-16H2,1-7H3. The van der Waals surface area contributed by atoms with Gasteiger partial charge in [-0.25, -0.2) is 0 Å². The second-order valence-electron chi connectivity index (χ2n) is 7.14. The summed E-state index contributed by atoms with van der Waals surface area (Å²) in [5.74, 6) is 0.796. The summed E-state index contributed by atoms with van der Waals surface area (Å²) in [6, 6.07) is 0. The smallest absolute Gasteiger partial charge is 0.0106 e. The largest absolute Gasteiger partial charge is 0.308 e. The maximum atomic E-state index is 2.50. The van der Waals surface area contributed by atoms with Crippen molar-refractivity contribution in [3.8, 4) is 0 Å². The highest BCUT2D eigenvalue weighted by Crippen LogP contribution is 2.11. The predicted octanol–water partition coefficient (Wildman–Crippen LogP) is 1.78. The van der Waals surface area contributed by atoms with Crippen LogP contribution in [0.3, 0.4) is 0 Å². The van der Waals surface area contributed by atoms with Crippen LogP contribution in [-0.2, 0) is 0 Å².